The van der Waals surface area contributed by atoms with Crippen LogP contribution in [0.4, 0.5) is 11.4 Å². The summed E-state index contributed by atoms with van der Waals surface area (Å²) in [6.07, 6.45) is 0. The minimum atomic E-state index is -0.535. The van der Waals surface area contributed by atoms with Crippen LogP contribution in [0.25, 0.3) is 0 Å². The normalized spacial score (nSPS) is 10.2. The van der Waals surface area contributed by atoms with Gasteiger partial charge in [0.1, 0.15) is 5.02 Å². The van der Waals surface area contributed by atoms with Crippen LogP contribution in [-0.4, -0.2) is 17.1 Å². The molecule has 2 rings (SSSR count). The molecule has 0 amide bonds. The Morgan fingerprint density at radius 1 is 1.33 bits per heavy atom. The van der Waals surface area contributed by atoms with Crippen LogP contribution in [0.5, 0.6) is 11.5 Å². The number of phenolic OH excluding ortho intramolecular Hbond substituents is 1. The van der Waals surface area contributed by atoms with Gasteiger partial charge in [-0.1, -0.05) is 17.7 Å². The fourth-order valence-electron chi connectivity index (χ4n) is 1.81. The molecular weight excluding hydrogens is 296 g/mol. The van der Waals surface area contributed by atoms with E-state index >= 15 is 0 Å². The summed E-state index contributed by atoms with van der Waals surface area (Å²) >= 11 is 5.75. The van der Waals surface area contributed by atoms with Crippen molar-refractivity contribution in [3.8, 4) is 11.5 Å². The van der Waals surface area contributed by atoms with Crippen LogP contribution >= 0.6 is 11.6 Å². The summed E-state index contributed by atoms with van der Waals surface area (Å²) < 4.78 is 4.96. The Bertz CT molecular complexity index is 676. The molecule has 0 spiro atoms. The summed E-state index contributed by atoms with van der Waals surface area (Å²) in [6.45, 7) is 0.399. The third kappa shape index (κ3) is 3.55. The molecule has 0 radical (unpaired) electrons. The van der Waals surface area contributed by atoms with E-state index in [1.807, 2.05) is 0 Å². The zero-order valence-electron chi connectivity index (χ0n) is 11.2. The number of hydrogen-bond donors (Lipinski definition) is 2. The number of nitrogens with one attached hydrogen (secondary N) is 1. The van der Waals surface area contributed by atoms with E-state index in [9.17, 15) is 15.2 Å². The first-order valence-electron chi connectivity index (χ1n) is 6.05. The van der Waals surface area contributed by atoms with E-state index in [0.29, 0.717) is 18.0 Å². The van der Waals surface area contributed by atoms with E-state index < -0.39 is 4.92 Å². The lowest BCUT2D eigenvalue weighted by molar-refractivity contribution is -0.384. The average molecular weight is 309 g/mol. The first-order valence-corrected chi connectivity index (χ1v) is 6.42. The predicted molar refractivity (Wildman–Crippen MR) is 80.1 cm³/mol. The number of nitro benzene ring substituents is 1. The van der Waals surface area contributed by atoms with Crippen LogP contribution in [0, 0.1) is 10.1 Å². The number of ether oxygens (including phenoxy) is 1. The van der Waals surface area contributed by atoms with Crippen LogP contribution in [0.2, 0.25) is 5.02 Å². The molecule has 110 valence electrons. The second kappa shape index (κ2) is 6.32. The summed E-state index contributed by atoms with van der Waals surface area (Å²) in [5.41, 5.74) is 1.23. The van der Waals surface area contributed by atoms with Crippen molar-refractivity contribution in [1.82, 2.24) is 0 Å². The Balaban J connectivity index is 2.11. The zero-order chi connectivity index (χ0) is 15.4. The van der Waals surface area contributed by atoms with Crippen LogP contribution < -0.4 is 10.1 Å². The lowest BCUT2D eigenvalue weighted by atomic mass is 10.2. The van der Waals surface area contributed by atoms with Gasteiger partial charge in [-0.25, -0.2) is 0 Å². The first kappa shape index (κ1) is 14.9. The molecule has 2 N–H and O–H groups in total. The Hall–Kier alpha value is -2.47. The molecule has 0 heterocycles. The molecule has 0 atom stereocenters. The SMILES string of the molecule is COc1ccc(CNc2ccc(Cl)c([N+](=O)[O-])c2)cc1O. The quantitative estimate of drug-likeness (QED) is 0.651. The van der Waals surface area contributed by atoms with E-state index in [1.165, 1.54) is 19.2 Å². The molecule has 0 fully saturated rings. The Morgan fingerprint density at radius 3 is 2.71 bits per heavy atom. The minimum absolute atomic E-state index is 0.0406. The summed E-state index contributed by atoms with van der Waals surface area (Å²) in [4.78, 5) is 10.3. The fourth-order valence-corrected chi connectivity index (χ4v) is 2.00. The third-order valence-corrected chi connectivity index (χ3v) is 3.20. The Kier molecular flexibility index (Phi) is 4.49. The first-order chi connectivity index (χ1) is 10.0. The molecule has 0 aliphatic rings. The number of benzene rings is 2. The van der Waals surface area contributed by atoms with Gasteiger partial charge in [-0.15, -0.1) is 0 Å². The molecule has 0 aliphatic carbocycles. The molecule has 6 nitrogen and oxygen atoms in total. The highest BCUT2D eigenvalue weighted by Crippen LogP contribution is 2.29. The monoisotopic (exact) mass is 308 g/mol. The summed E-state index contributed by atoms with van der Waals surface area (Å²) in [7, 11) is 1.47. The lowest BCUT2D eigenvalue weighted by Crippen LogP contribution is -2.00. The van der Waals surface area contributed by atoms with E-state index in [4.69, 9.17) is 16.3 Å². The van der Waals surface area contributed by atoms with Gasteiger partial charge >= 0.3 is 0 Å². The van der Waals surface area contributed by atoms with E-state index in [2.05, 4.69) is 5.32 Å². The molecule has 2 aromatic carbocycles. The number of rotatable bonds is 5. The van der Waals surface area contributed by atoms with Crippen molar-refractivity contribution in [2.75, 3.05) is 12.4 Å². The van der Waals surface area contributed by atoms with Gasteiger partial charge in [-0.3, -0.25) is 10.1 Å². The van der Waals surface area contributed by atoms with Crippen molar-refractivity contribution in [3.63, 3.8) is 0 Å². The van der Waals surface area contributed by atoms with Crippen LogP contribution in [0.3, 0.4) is 0 Å². The largest absolute Gasteiger partial charge is 0.504 e. The Morgan fingerprint density at radius 2 is 2.10 bits per heavy atom. The standard InChI is InChI=1S/C14H13ClN2O4/c1-21-14-5-2-9(6-13(14)18)8-16-10-3-4-11(15)12(7-10)17(19)20/h2-7,16,18H,8H2,1H3. The van der Waals surface area contributed by atoms with Gasteiger partial charge in [-0.05, 0) is 29.8 Å². The van der Waals surface area contributed by atoms with Gasteiger partial charge in [0.2, 0.25) is 0 Å². The van der Waals surface area contributed by atoms with Crippen LogP contribution in [-0.2, 0) is 6.54 Å². The highest BCUT2D eigenvalue weighted by molar-refractivity contribution is 6.32. The van der Waals surface area contributed by atoms with Gasteiger partial charge in [0, 0.05) is 18.3 Å². The van der Waals surface area contributed by atoms with Crippen molar-refractivity contribution >= 4 is 23.0 Å². The van der Waals surface area contributed by atoms with Gasteiger partial charge in [0.25, 0.3) is 5.69 Å². The van der Waals surface area contributed by atoms with Crippen molar-refractivity contribution in [2.24, 2.45) is 0 Å². The van der Waals surface area contributed by atoms with Crippen molar-refractivity contribution in [1.29, 1.82) is 0 Å². The molecule has 0 aliphatic heterocycles. The number of anilines is 1. The smallest absolute Gasteiger partial charge is 0.289 e. The zero-order valence-corrected chi connectivity index (χ0v) is 11.9. The van der Waals surface area contributed by atoms with E-state index in [0.717, 1.165) is 5.56 Å². The van der Waals surface area contributed by atoms with Crippen molar-refractivity contribution in [2.45, 2.75) is 6.54 Å². The molecule has 0 aromatic heterocycles. The highest BCUT2D eigenvalue weighted by Gasteiger charge is 2.12. The Labute approximate surface area is 126 Å². The lowest BCUT2D eigenvalue weighted by Gasteiger charge is -2.09. The molecule has 0 saturated carbocycles. The number of hydrogen-bond acceptors (Lipinski definition) is 5. The maximum absolute atomic E-state index is 10.8. The molecule has 21 heavy (non-hydrogen) atoms. The minimum Gasteiger partial charge on any atom is -0.504 e. The maximum Gasteiger partial charge on any atom is 0.289 e. The molecule has 2 aromatic rings. The predicted octanol–water partition coefficient (Wildman–Crippen LogP) is 3.57. The number of nitrogens with zero attached hydrogens (tertiary/aromatic N) is 1. The second-order valence-electron chi connectivity index (χ2n) is 4.28. The van der Waals surface area contributed by atoms with Crippen LogP contribution in [0.15, 0.2) is 36.4 Å². The summed E-state index contributed by atoms with van der Waals surface area (Å²) in [5.74, 6) is 0.430. The van der Waals surface area contributed by atoms with E-state index in [-0.39, 0.29) is 16.5 Å². The van der Waals surface area contributed by atoms with Crippen LogP contribution in [0.1, 0.15) is 5.56 Å². The van der Waals surface area contributed by atoms with Gasteiger partial charge < -0.3 is 15.2 Å². The van der Waals surface area contributed by atoms with E-state index in [1.54, 1.807) is 24.3 Å². The topological polar surface area (TPSA) is 84.6 Å². The number of aromatic hydroxyl groups is 1. The summed E-state index contributed by atoms with van der Waals surface area (Å²) in [5, 5.41) is 23.6. The second-order valence-corrected chi connectivity index (χ2v) is 4.69. The third-order valence-electron chi connectivity index (χ3n) is 2.88. The van der Waals surface area contributed by atoms with Gasteiger partial charge in [0.15, 0.2) is 11.5 Å². The highest BCUT2D eigenvalue weighted by atomic mass is 35.5. The number of halogens is 1. The molecular formula is C14H13ClN2O4. The summed E-state index contributed by atoms with van der Waals surface area (Å²) in [6, 6.07) is 9.49. The maximum atomic E-state index is 10.8. The molecule has 0 bridgehead atoms. The fraction of sp³-hybridized carbons (Fsp3) is 0.143. The number of phenols is 1. The van der Waals surface area contributed by atoms with Crippen molar-refractivity contribution < 1.29 is 14.8 Å². The average Bonchev–Trinajstić information content (AvgIpc) is 2.46. The molecule has 0 saturated heterocycles. The number of nitro groups is 1. The molecule has 0 unspecified atom stereocenters. The van der Waals surface area contributed by atoms with Gasteiger partial charge in [-0.2, -0.15) is 0 Å². The number of methoxy groups -OCH3 is 1. The molecule has 7 heteroatoms. The van der Waals surface area contributed by atoms with Gasteiger partial charge in [0.05, 0.1) is 12.0 Å². The van der Waals surface area contributed by atoms with Crippen molar-refractivity contribution in [3.05, 3.63) is 57.1 Å².